The zero-order chi connectivity index (χ0) is 28.6. The first-order chi connectivity index (χ1) is 16.8. The maximum Gasteiger partial charge on any atom is 0.335 e. The Kier molecular flexibility index (Phi) is 9.57. The molecular formula is C31H54N2O4. The SMILES string of the molecule is C=CC(CCC)OC(=O)C(CC(=O)O)=C(C1CC(C)(C)N(C)C(C)(C)C1)C1CC(C)(C)N(C)C(C)(C)C1. The lowest BCUT2D eigenvalue weighted by molar-refractivity contribution is -0.145. The van der Waals surface area contributed by atoms with Crippen LogP contribution in [0.1, 0.15) is 107 Å². The Morgan fingerprint density at radius 3 is 1.57 bits per heavy atom. The Balaban J connectivity index is 2.76. The molecule has 0 aliphatic carbocycles. The number of hydrogen-bond acceptors (Lipinski definition) is 5. The van der Waals surface area contributed by atoms with Crippen LogP contribution in [0.5, 0.6) is 0 Å². The van der Waals surface area contributed by atoms with E-state index in [1.807, 2.05) is 6.92 Å². The topological polar surface area (TPSA) is 70.1 Å². The first kappa shape index (κ1) is 31.6. The zero-order valence-electron chi connectivity index (χ0n) is 25.5. The van der Waals surface area contributed by atoms with Crippen molar-refractivity contribution in [3.8, 4) is 0 Å². The van der Waals surface area contributed by atoms with Gasteiger partial charge in [0.05, 0.1) is 6.42 Å². The fraction of sp³-hybridized carbons (Fsp3) is 0.806. The molecule has 0 radical (unpaired) electrons. The van der Waals surface area contributed by atoms with Gasteiger partial charge >= 0.3 is 11.9 Å². The number of carboxylic acids is 1. The van der Waals surface area contributed by atoms with E-state index < -0.39 is 18.0 Å². The number of carboxylic acid groups (broad SMARTS) is 1. The van der Waals surface area contributed by atoms with Crippen LogP contribution in [0, 0.1) is 11.8 Å². The van der Waals surface area contributed by atoms with Crippen LogP contribution in [0.3, 0.4) is 0 Å². The summed E-state index contributed by atoms with van der Waals surface area (Å²) in [6.45, 7) is 23.9. The average molecular weight is 519 g/mol. The average Bonchev–Trinajstić information content (AvgIpc) is 2.73. The Bertz CT molecular complexity index is 819. The maximum atomic E-state index is 13.8. The summed E-state index contributed by atoms with van der Waals surface area (Å²) in [6, 6.07) is 0. The van der Waals surface area contributed by atoms with Gasteiger partial charge in [0.25, 0.3) is 0 Å². The number of nitrogens with zero attached hydrogens (tertiary/aromatic N) is 2. The summed E-state index contributed by atoms with van der Waals surface area (Å²) in [6.07, 6.45) is 5.91. The molecule has 1 N–H and O–H groups in total. The second kappa shape index (κ2) is 11.2. The van der Waals surface area contributed by atoms with Crippen LogP contribution in [-0.2, 0) is 14.3 Å². The van der Waals surface area contributed by atoms with Gasteiger partial charge < -0.3 is 9.84 Å². The second-order valence-corrected chi connectivity index (χ2v) is 14.1. The quantitative estimate of drug-likeness (QED) is 0.215. The summed E-state index contributed by atoms with van der Waals surface area (Å²) in [7, 11) is 4.35. The molecule has 0 aromatic carbocycles. The number of hydrogen-bond donors (Lipinski definition) is 1. The highest BCUT2D eigenvalue weighted by molar-refractivity contribution is 5.94. The summed E-state index contributed by atoms with van der Waals surface area (Å²) in [5.74, 6) is -1.29. The highest BCUT2D eigenvalue weighted by Gasteiger charge is 2.50. The summed E-state index contributed by atoms with van der Waals surface area (Å²) in [4.78, 5) is 30.9. The third-order valence-electron chi connectivity index (χ3n) is 9.51. The van der Waals surface area contributed by atoms with Crippen LogP contribution < -0.4 is 0 Å². The Hall–Kier alpha value is -1.66. The van der Waals surface area contributed by atoms with E-state index in [-0.39, 0.29) is 40.4 Å². The lowest BCUT2D eigenvalue weighted by atomic mass is 9.63. The molecule has 1 unspecified atom stereocenters. The first-order valence-corrected chi connectivity index (χ1v) is 14.0. The molecule has 2 fully saturated rings. The first-order valence-electron chi connectivity index (χ1n) is 14.0. The fourth-order valence-electron chi connectivity index (χ4n) is 7.17. The summed E-state index contributed by atoms with van der Waals surface area (Å²) >= 11 is 0. The standard InChI is InChI=1S/C31H54N2O4/c1-13-15-23(14-2)37-27(36)24(16-25(34)35)26(21-17-28(3,4)32(11)29(5,6)18-21)22-19-30(7,8)33(12)31(9,10)20-22/h14,21-23H,2,13,15-20H2,1,3-12H3,(H,34,35). The van der Waals surface area contributed by atoms with Crippen molar-refractivity contribution in [2.24, 2.45) is 11.8 Å². The molecule has 0 saturated carbocycles. The van der Waals surface area contributed by atoms with Crippen LogP contribution in [-0.4, -0.2) is 69.2 Å². The van der Waals surface area contributed by atoms with Crippen LogP contribution in [0.2, 0.25) is 0 Å². The molecule has 37 heavy (non-hydrogen) atoms. The molecule has 2 saturated heterocycles. The third kappa shape index (κ3) is 7.06. The molecule has 0 aromatic rings. The van der Waals surface area contributed by atoms with E-state index in [1.165, 1.54) is 0 Å². The summed E-state index contributed by atoms with van der Waals surface area (Å²) in [5, 5.41) is 9.99. The highest BCUT2D eigenvalue weighted by Crippen LogP contribution is 2.51. The summed E-state index contributed by atoms with van der Waals surface area (Å²) < 4.78 is 5.92. The van der Waals surface area contributed by atoms with E-state index in [4.69, 9.17) is 4.74 Å². The predicted octanol–water partition coefficient (Wildman–Crippen LogP) is 6.45. The number of piperidine rings is 2. The van der Waals surface area contributed by atoms with E-state index in [2.05, 4.69) is 85.9 Å². The van der Waals surface area contributed by atoms with Crippen molar-refractivity contribution in [2.45, 2.75) is 136 Å². The molecule has 2 heterocycles. The van der Waals surface area contributed by atoms with Gasteiger partial charge in [-0.25, -0.2) is 4.79 Å². The molecule has 0 aromatic heterocycles. The van der Waals surface area contributed by atoms with Crippen molar-refractivity contribution >= 4 is 11.9 Å². The molecule has 2 aliphatic rings. The largest absolute Gasteiger partial charge is 0.481 e. The molecule has 212 valence electrons. The molecular weight excluding hydrogens is 464 g/mol. The molecule has 0 spiro atoms. The number of rotatable bonds is 9. The van der Waals surface area contributed by atoms with Gasteiger partial charge in [0.2, 0.25) is 0 Å². The summed E-state index contributed by atoms with van der Waals surface area (Å²) in [5.41, 5.74) is 0.987. The van der Waals surface area contributed by atoms with E-state index in [1.54, 1.807) is 6.08 Å². The lowest BCUT2D eigenvalue weighted by Crippen LogP contribution is -2.61. The van der Waals surface area contributed by atoms with Gasteiger partial charge in [-0.2, -0.15) is 0 Å². The maximum absolute atomic E-state index is 13.8. The number of carbonyl (C=O) groups is 2. The fourth-order valence-corrected chi connectivity index (χ4v) is 7.17. The number of likely N-dealkylation sites (tertiary alicyclic amines) is 2. The van der Waals surface area contributed by atoms with Crippen molar-refractivity contribution in [1.82, 2.24) is 9.80 Å². The van der Waals surface area contributed by atoms with Gasteiger partial charge in [0, 0.05) is 27.7 Å². The second-order valence-electron chi connectivity index (χ2n) is 14.1. The molecule has 6 nitrogen and oxygen atoms in total. The number of aliphatic carboxylic acids is 1. The van der Waals surface area contributed by atoms with E-state index >= 15 is 0 Å². The van der Waals surface area contributed by atoms with Crippen molar-refractivity contribution in [2.75, 3.05) is 14.1 Å². The van der Waals surface area contributed by atoms with E-state index in [9.17, 15) is 14.7 Å². The van der Waals surface area contributed by atoms with Crippen molar-refractivity contribution in [3.63, 3.8) is 0 Å². The minimum atomic E-state index is -0.993. The molecule has 0 bridgehead atoms. The van der Waals surface area contributed by atoms with Crippen LogP contribution >= 0.6 is 0 Å². The molecule has 2 aliphatic heterocycles. The van der Waals surface area contributed by atoms with Gasteiger partial charge in [-0.1, -0.05) is 31.6 Å². The van der Waals surface area contributed by atoms with Crippen molar-refractivity contribution in [1.29, 1.82) is 0 Å². The molecule has 2 rings (SSSR count). The van der Waals surface area contributed by atoms with Crippen LogP contribution in [0.25, 0.3) is 0 Å². The Labute approximate surface area is 226 Å². The zero-order valence-corrected chi connectivity index (χ0v) is 25.5. The third-order valence-corrected chi connectivity index (χ3v) is 9.51. The van der Waals surface area contributed by atoms with Gasteiger partial charge in [-0.15, -0.1) is 0 Å². The van der Waals surface area contributed by atoms with Crippen LogP contribution in [0.15, 0.2) is 23.8 Å². The molecule has 0 amide bonds. The normalized spacial score (nSPS) is 24.7. The number of allylic oxidation sites excluding steroid dienone is 1. The highest BCUT2D eigenvalue weighted by atomic mass is 16.5. The van der Waals surface area contributed by atoms with E-state index in [0.29, 0.717) is 12.0 Å². The minimum Gasteiger partial charge on any atom is -0.481 e. The van der Waals surface area contributed by atoms with Gasteiger partial charge in [-0.3, -0.25) is 14.6 Å². The molecule has 6 heteroatoms. The number of ether oxygens (including phenoxy) is 1. The molecule has 1 atom stereocenters. The number of carbonyl (C=O) groups excluding carboxylic acids is 1. The van der Waals surface area contributed by atoms with E-state index in [0.717, 1.165) is 37.7 Å². The Morgan fingerprint density at radius 2 is 1.27 bits per heavy atom. The van der Waals surface area contributed by atoms with Gasteiger partial charge in [0.15, 0.2) is 0 Å². The predicted molar refractivity (Wildman–Crippen MR) is 152 cm³/mol. The van der Waals surface area contributed by atoms with Crippen molar-refractivity contribution < 1.29 is 19.4 Å². The van der Waals surface area contributed by atoms with Crippen molar-refractivity contribution in [3.05, 3.63) is 23.8 Å². The number of esters is 1. The lowest BCUT2D eigenvalue weighted by Gasteiger charge is -2.57. The van der Waals surface area contributed by atoms with Crippen LogP contribution in [0.4, 0.5) is 0 Å². The van der Waals surface area contributed by atoms with Gasteiger partial charge in [0.1, 0.15) is 6.10 Å². The van der Waals surface area contributed by atoms with Gasteiger partial charge in [-0.05, 0) is 113 Å². The monoisotopic (exact) mass is 518 g/mol. The smallest absolute Gasteiger partial charge is 0.335 e. The minimum absolute atomic E-state index is 0.0939. The Morgan fingerprint density at radius 1 is 0.892 bits per heavy atom.